The van der Waals surface area contributed by atoms with Gasteiger partial charge in [0.15, 0.2) is 0 Å². The summed E-state index contributed by atoms with van der Waals surface area (Å²) in [4.78, 5) is 24.9. The Morgan fingerprint density at radius 2 is 1.77 bits per heavy atom. The van der Waals surface area contributed by atoms with Gasteiger partial charge in [-0.05, 0) is 62.7 Å². The summed E-state index contributed by atoms with van der Waals surface area (Å²) in [5.74, 6) is -1.41. The SMILES string of the molecule is CC(C)(C)N=CC(=C(N)c1ccnc(N)n1)c1ccc(F)c(NC(=O)Nc2ccc(Cl)cc2F)c1. The van der Waals surface area contributed by atoms with Crippen LogP contribution in [-0.2, 0) is 0 Å². The van der Waals surface area contributed by atoms with Crippen molar-refractivity contribution < 1.29 is 13.6 Å². The molecule has 11 heteroatoms. The van der Waals surface area contributed by atoms with Crippen molar-refractivity contribution in [2.45, 2.75) is 26.3 Å². The van der Waals surface area contributed by atoms with Gasteiger partial charge < -0.3 is 22.1 Å². The summed E-state index contributed by atoms with van der Waals surface area (Å²) in [7, 11) is 0. The number of nitrogens with one attached hydrogen (secondary N) is 2. The number of benzene rings is 2. The van der Waals surface area contributed by atoms with Crippen molar-refractivity contribution in [2.24, 2.45) is 10.7 Å². The average Bonchev–Trinajstić information content (AvgIpc) is 2.77. The number of carbonyl (C=O) groups is 1. The highest BCUT2D eigenvalue weighted by molar-refractivity contribution is 6.30. The molecule has 0 bridgehead atoms. The van der Waals surface area contributed by atoms with Gasteiger partial charge in [0.1, 0.15) is 11.6 Å². The van der Waals surface area contributed by atoms with Gasteiger partial charge in [0.05, 0.1) is 28.3 Å². The van der Waals surface area contributed by atoms with Crippen LogP contribution in [0.3, 0.4) is 0 Å². The van der Waals surface area contributed by atoms with Gasteiger partial charge in [-0.3, -0.25) is 4.99 Å². The van der Waals surface area contributed by atoms with Crippen LogP contribution in [0, 0.1) is 11.6 Å². The second-order valence-electron chi connectivity index (χ2n) is 8.45. The van der Waals surface area contributed by atoms with Crippen LogP contribution in [0.25, 0.3) is 11.3 Å². The molecule has 0 radical (unpaired) electrons. The molecule has 0 saturated heterocycles. The Morgan fingerprint density at radius 3 is 2.43 bits per heavy atom. The number of rotatable bonds is 5. The number of carbonyl (C=O) groups excluding carboxylic acids is 1. The van der Waals surface area contributed by atoms with Crippen LogP contribution in [0.4, 0.5) is 30.9 Å². The number of halogens is 3. The first-order valence-corrected chi connectivity index (χ1v) is 10.8. The molecule has 0 unspecified atom stereocenters. The summed E-state index contributed by atoms with van der Waals surface area (Å²) in [5, 5.41) is 4.87. The number of urea groups is 1. The summed E-state index contributed by atoms with van der Waals surface area (Å²) < 4.78 is 28.6. The van der Waals surface area contributed by atoms with E-state index in [-0.39, 0.29) is 28.0 Å². The molecule has 3 rings (SSSR count). The van der Waals surface area contributed by atoms with Crippen LogP contribution >= 0.6 is 11.6 Å². The lowest BCUT2D eigenvalue weighted by molar-refractivity contribution is 0.262. The van der Waals surface area contributed by atoms with Crippen molar-refractivity contribution >= 4 is 52.4 Å². The maximum absolute atomic E-state index is 14.6. The fraction of sp³-hybridized carbons (Fsp3) is 0.167. The topological polar surface area (TPSA) is 131 Å². The second-order valence-corrected chi connectivity index (χ2v) is 8.89. The lowest BCUT2D eigenvalue weighted by Crippen LogP contribution is -2.21. The van der Waals surface area contributed by atoms with Crippen LogP contribution in [0.15, 0.2) is 53.7 Å². The quantitative estimate of drug-likeness (QED) is 0.352. The van der Waals surface area contributed by atoms with E-state index in [1.807, 2.05) is 20.8 Å². The van der Waals surface area contributed by atoms with Gasteiger partial charge in [0, 0.05) is 23.0 Å². The molecule has 8 nitrogen and oxygen atoms in total. The number of anilines is 3. The minimum absolute atomic E-state index is 0.0325. The molecular weight excluding hydrogens is 476 g/mol. The van der Waals surface area contributed by atoms with E-state index in [4.69, 9.17) is 23.1 Å². The van der Waals surface area contributed by atoms with Crippen molar-refractivity contribution in [2.75, 3.05) is 16.4 Å². The van der Waals surface area contributed by atoms with Gasteiger partial charge in [0.2, 0.25) is 5.95 Å². The van der Waals surface area contributed by atoms with Gasteiger partial charge in [0.25, 0.3) is 0 Å². The second kappa shape index (κ2) is 10.5. The third kappa shape index (κ3) is 6.97. The third-order valence-corrected chi connectivity index (χ3v) is 4.76. The highest BCUT2D eigenvalue weighted by Gasteiger charge is 2.16. The normalized spacial score (nSPS) is 12.4. The first-order chi connectivity index (χ1) is 16.4. The predicted molar refractivity (Wildman–Crippen MR) is 136 cm³/mol. The molecule has 182 valence electrons. The van der Waals surface area contributed by atoms with E-state index < -0.39 is 23.2 Å². The largest absolute Gasteiger partial charge is 0.396 e. The predicted octanol–water partition coefficient (Wildman–Crippen LogP) is 5.33. The van der Waals surface area contributed by atoms with Crippen LogP contribution in [0.2, 0.25) is 5.02 Å². The van der Waals surface area contributed by atoms with E-state index in [2.05, 4.69) is 25.6 Å². The maximum atomic E-state index is 14.6. The van der Waals surface area contributed by atoms with Crippen molar-refractivity contribution in [1.82, 2.24) is 9.97 Å². The molecule has 2 amide bonds. The zero-order valence-electron chi connectivity index (χ0n) is 19.2. The van der Waals surface area contributed by atoms with Crippen LogP contribution in [0.1, 0.15) is 32.0 Å². The fourth-order valence-corrected chi connectivity index (χ4v) is 3.03. The van der Waals surface area contributed by atoms with Gasteiger partial charge in [-0.1, -0.05) is 17.7 Å². The number of hydrogen-bond acceptors (Lipinski definition) is 6. The molecule has 0 aliphatic heterocycles. The standard InChI is InChI=1S/C24H24ClF2N7O/c1-24(2,3)31-12-15(21(28)19-8-9-30-22(29)32-19)13-4-6-16(26)20(10-13)34-23(35)33-18-7-5-14(25)11-17(18)27/h4-12H,28H2,1-3H3,(H2,29,30,32)(H2,33,34,35). The Balaban J connectivity index is 1.98. The number of nitrogen functional groups attached to an aromatic ring is 1. The molecule has 3 aromatic rings. The summed E-state index contributed by atoms with van der Waals surface area (Å²) in [6.07, 6.45) is 3.01. The average molecular weight is 500 g/mol. The minimum Gasteiger partial charge on any atom is -0.396 e. The zero-order chi connectivity index (χ0) is 25.8. The molecule has 0 atom stereocenters. The third-order valence-electron chi connectivity index (χ3n) is 4.53. The molecule has 1 heterocycles. The minimum atomic E-state index is -0.854. The number of amides is 2. The van der Waals surface area contributed by atoms with E-state index in [9.17, 15) is 13.6 Å². The zero-order valence-corrected chi connectivity index (χ0v) is 20.0. The number of allylic oxidation sites excluding steroid dienone is 1. The van der Waals surface area contributed by atoms with Crippen LogP contribution < -0.4 is 22.1 Å². The van der Waals surface area contributed by atoms with Gasteiger partial charge >= 0.3 is 6.03 Å². The first kappa shape index (κ1) is 25.6. The van der Waals surface area contributed by atoms with E-state index >= 15 is 0 Å². The summed E-state index contributed by atoms with van der Waals surface area (Å²) >= 11 is 5.73. The fourth-order valence-electron chi connectivity index (χ4n) is 2.87. The van der Waals surface area contributed by atoms with Gasteiger partial charge in [-0.25, -0.2) is 23.5 Å². The molecule has 1 aromatic heterocycles. The van der Waals surface area contributed by atoms with E-state index in [0.29, 0.717) is 16.8 Å². The Morgan fingerprint density at radius 1 is 1.06 bits per heavy atom. The van der Waals surface area contributed by atoms with E-state index in [1.165, 1.54) is 36.5 Å². The van der Waals surface area contributed by atoms with Crippen molar-refractivity contribution in [3.05, 3.63) is 76.6 Å². The number of hydrogen-bond donors (Lipinski definition) is 4. The van der Waals surface area contributed by atoms with Crippen molar-refractivity contribution in [3.63, 3.8) is 0 Å². The lowest BCUT2D eigenvalue weighted by Gasteiger charge is -2.15. The molecule has 35 heavy (non-hydrogen) atoms. The number of nitrogens with two attached hydrogens (primary N) is 2. The molecule has 0 spiro atoms. The molecule has 2 aromatic carbocycles. The lowest BCUT2D eigenvalue weighted by atomic mass is 10.0. The Kier molecular flexibility index (Phi) is 7.65. The monoisotopic (exact) mass is 499 g/mol. The highest BCUT2D eigenvalue weighted by atomic mass is 35.5. The Hall–Kier alpha value is -4.05. The van der Waals surface area contributed by atoms with Crippen molar-refractivity contribution in [1.29, 1.82) is 0 Å². The summed E-state index contributed by atoms with van der Waals surface area (Å²) in [6, 6.07) is 8.51. The van der Waals surface area contributed by atoms with Crippen LogP contribution in [0.5, 0.6) is 0 Å². The smallest absolute Gasteiger partial charge is 0.323 e. The molecule has 0 saturated carbocycles. The highest BCUT2D eigenvalue weighted by Crippen LogP contribution is 2.26. The Bertz CT molecular complexity index is 1320. The van der Waals surface area contributed by atoms with Crippen LogP contribution in [-0.4, -0.2) is 27.8 Å². The molecule has 0 fully saturated rings. The Labute approximate surface area is 206 Å². The van der Waals surface area contributed by atoms with E-state index in [1.54, 1.807) is 12.3 Å². The molecule has 0 aliphatic rings. The number of aromatic nitrogens is 2. The molecule has 0 aliphatic carbocycles. The summed E-state index contributed by atoms with van der Waals surface area (Å²) in [6.45, 7) is 5.70. The maximum Gasteiger partial charge on any atom is 0.323 e. The number of nitrogens with zero attached hydrogens (tertiary/aromatic N) is 3. The summed E-state index contributed by atoms with van der Waals surface area (Å²) in [5.41, 5.74) is 12.8. The molecule has 6 N–H and O–H groups in total. The van der Waals surface area contributed by atoms with E-state index in [0.717, 1.165) is 6.07 Å². The van der Waals surface area contributed by atoms with Crippen molar-refractivity contribution in [3.8, 4) is 0 Å². The molecular formula is C24H24ClF2N7O. The number of aliphatic imine (C=N–C) groups is 1. The first-order valence-electron chi connectivity index (χ1n) is 10.4. The van der Waals surface area contributed by atoms with Gasteiger partial charge in [-0.2, -0.15) is 0 Å². The van der Waals surface area contributed by atoms with Gasteiger partial charge in [-0.15, -0.1) is 0 Å².